The van der Waals surface area contributed by atoms with Crippen LogP contribution in [0.2, 0.25) is 0 Å². The lowest BCUT2D eigenvalue weighted by atomic mass is 9.82. The fourth-order valence-corrected chi connectivity index (χ4v) is 5.78. The van der Waals surface area contributed by atoms with E-state index in [1.807, 2.05) is 46.2 Å². The molecule has 0 radical (unpaired) electrons. The Bertz CT molecular complexity index is 1370. The molecular weight excluding hydrogens is 501 g/mol. The molecule has 0 aromatic heterocycles. The van der Waals surface area contributed by atoms with Crippen LogP contribution in [0.5, 0.6) is 17.2 Å². The van der Waals surface area contributed by atoms with E-state index in [4.69, 9.17) is 14.2 Å². The largest absolute Gasteiger partial charge is 0.497 e. The average molecular weight is 532 g/mol. The summed E-state index contributed by atoms with van der Waals surface area (Å²) in [5.74, 6) is 1.15. The second kappa shape index (κ2) is 10.5. The molecule has 2 atom stereocenters. The van der Waals surface area contributed by atoms with Gasteiger partial charge in [0.15, 0.2) is 11.5 Å². The van der Waals surface area contributed by atoms with Crippen molar-refractivity contribution >= 4 is 23.2 Å². The molecule has 0 saturated carbocycles. The molecule has 3 aliphatic rings. The molecule has 3 aromatic rings. The van der Waals surface area contributed by atoms with Crippen LogP contribution in [0.1, 0.15) is 24.4 Å². The van der Waals surface area contributed by atoms with E-state index in [0.29, 0.717) is 61.2 Å². The van der Waals surface area contributed by atoms with Gasteiger partial charge in [-0.3, -0.25) is 9.59 Å². The van der Waals surface area contributed by atoms with E-state index >= 15 is 0 Å². The van der Waals surface area contributed by atoms with E-state index in [0.717, 1.165) is 5.56 Å². The molecule has 6 rings (SSSR count). The van der Waals surface area contributed by atoms with Crippen molar-refractivity contribution in [1.29, 1.82) is 0 Å². The molecule has 0 aliphatic carbocycles. The molecule has 2 amide bonds. The Kier molecular flexibility index (Phi) is 6.72. The lowest BCUT2D eigenvalue weighted by Gasteiger charge is -2.44. The standard InChI is InChI=1S/C30H30FN3O5/c1-37-22-9-6-20(7-10-22)29-23(11-13-28(35)34(29)21-8-12-26-27(18-21)39-19-38-26)30(36)33-16-14-32(15-17-33)25-5-3-2-4-24(25)31/h2-10,12,18,23,29H,11,13-17,19H2,1H3. The number of benzene rings is 3. The summed E-state index contributed by atoms with van der Waals surface area (Å²) in [6.45, 7) is 2.18. The van der Waals surface area contributed by atoms with Crippen LogP contribution < -0.4 is 24.0 Å². The van der Waals surface area contributed by atoms with Gasteiger partial charge in [-0.1, -0.05) is 24.3 Å². The Hall–Kier alpha value is -4.27. The number of hydrogen-bond donors (Lipinski definition) is 0. The maximum absolute atomic E-state index is 14.4. The number of anilines is 2. The molecule has 39 heavy (non-hydrogen) atoms. The number of piperazine rings is 1. The fraction of sp³-hybridized carbons (Fsp3) is 0.333. The van der Waals surface area contributed by atoms with Gasteiger partial charge in [0.1, 0.15) is 11.6 Å². The van der Waals surface area contributed by atoms with Crippen LogP contribution >= 0.6 is 0 Å². The predicted octanol–water partition coefficient (Wildman–Crippen LogP) is 4.40. The highest BCUT2D eigenvalue weighted by atomic mass is 19.1. The van der Waals surface area contributed by atoms with Crippen LogP contribution in [-0.2, 0) is 9.59 Å². The summed E-state index contributed by atoms with van der Waals surface area (Å²) in [6.07, 6.45) is 0.704. The SMILES string of the molecule is COc1ccc(C2C(C(=O)N3CCN(c4ccccc4F)CC3)CCC(=O)N2c2ccc3c(c2)OCO3)cc1. The third kappa shape index (κ3) is 4.73. The molecule has 2 unspecified atom stereocenters. The fourth-order valence-electron chi connectivity index (χ4n) is 5.78. The number of ether oxygens (including phenoxy) is 3. The minimum atomic E-state index is -0.505. The number of carbonyl (C=O) groups excluding carboxylic acids is 2. The number of para-hydroxylation sites is 1. The number of rotatable bonds is 5. The first-order chi connectivity index (χ1) is 19.0. The number of piperidine rings is 1. The van der Waals surface area contributed by atoms with Crippen LogP contribution in [0.4, 0.5) is 15.8 Å². The van der Waals surface area contributed by atoms with Crippen LogP contribution in [0.25, 0.3) is 0 Å². The van der Waals surface area contributed by atoms with Gasteiger partial charge in [-0.25, -0.2) is 4.39 Å². The lowest BCUT2D eigenvalue weighted by molar-refractivity contribution is -0.138. The molecule has 2 saturated heterocycles. The maximum atomic E-state index is 14.4. The molecule has 3 heterocycles. The first kappa shape index (κ1) is 25.0. The molecule has 8 nitrogen and oxygen atoms in total. The first-order valence-corrected chi connectivity index (χ1v) is 13.2. The summed E-state index contributed by atoms with van der Waals surface area (Å²) in [5.41, 5.74) is 2.06. The van der Waals surface area contributed by atoms with Crippen molar-refractivity contribution in [2.24, 2.45) is 5.92 Å². The molecular formula is C30H30FN3O5. The Balaban J connectivity index is 1.29. The highest BCUT2D eigenvalue weighted by Gasteiger charge is 2.43. The summed E-state index contributed by atoms with van der Waals surface area (Å²) in [6, 6.07) is 19.2. The van der Waals surface area contributed by atoms with Crippen LogP contribution in [0, 0.1) is 11.7 Å². The van der Waals surface area contributed by atoms with Crippen molar-refractivity contribution in [3.8, 4) is 17.2 Å². The summed E-state index contributed by atoms with van der Waals surface area (Å²) >= 11 is 0. The predicted molar refractivity (Wildman–Crippen MR) is 144 cm³/mol. The smallest absolute Gasteiger partial charge is 0.231 e. The molecule has 0 bridgehead atoms. The van der Waals surface area contributed by atoms with Gasteiger partial charge in [-0.2, -0.15) is 0 Å². The van der Waals surface area contributed by atoms with E-state index < -0.39 is 12.0 Å². The highest BCUT2D eigenvalue weighted by Crippen LogP contribution is 2.44. The Morgan fingerprint density at radius 2 is 1.69 bits per heavy atom. The summed E-state index contributed by atoms with van der Waals surface area (Å²) in [4.78, 5) is 33.1. The van der Waals surface area contributed by atoms with Crippen LogP contribution in [0.3, 0.4) is 0 Å². The second-order valence-corrected chi connectivity index (χ2v) is 9.93. The summed E-state index contributed by atoms with van der Waals surface area (Å²) in [5, 5.41) is 0. The number of amides is 2. The van der Waals surface area contributed by atoms with Gasteiger partial charge in [0.2, 0.25) is 18.6 Å². The number of methoxy groups -OCH3 is 1. The Morgan fingerprint density at radius 3 is 2.44 bits per heavy atom. The third-order valence-electron chi connectivity index (χ3n) is 7.79. The van der Waals surface area contributed by atoms with Crippen molar-refractivity contribution in [3.63, 3.8) is 0 Å². The van der Waals surface area contributed by atoms with E-state index in [-0.39, 0.29) is 30.8 Å². The van der Waals surface area contributed by atoms with E-state index in [1.165, 1.54) is 6.07 Å². The van der Waals surface area contributed by atoms with Crippen LogP contribution in [0.15, 0.2) is 66.7 Å². The van der Waals surface area contributed by atoms with Gasteiger partial charge in [0.25, 0.3) is 0 Å². The molecule has 9 heteroatoms. The third-order valence-corrected chi connectivity index (χ3v) is 7.79. The molecule has 0 N–H and O–H groups in total. The average Bonchev–Trinajstić information content (AvgIpc) is 3.45. The minimum Gasteiger partial charge on any atom is -0.497 e. The van der Waals surface area contributed by atoms with Crippen molar-refractivity contribution in [2.75, 3.05) is 49.9 Å². The maximum Gasteiger partial charge on any atom is 0.231 e. The Labute approximate surface area is 226 Å². The minimum absolute atomic E-state index is 0.00208. The Morgan fingerprint density at radius 1 is 0.949 bits per heavy atom. The molecule has 2 fully saturated rings. The summed E-state index contributed by atoms with van der Waals surface area (Å²) in [7, 11) is 1.60. The zero-order chi connectivity index (χ0) is 26.9. The zero-order valence-electron chi connectivity index (χ0n) is 21.7. The van der Waals surface area contributed by atoms with E-state index in [1.54, 1.807) is 36.3 Å². The highest BCUT2D eigenvalue weighted by molar-refractivity contribution is 5.98. The van der Waals surface area contributed by atoms with Crippen molar-refractivity contribution in [3.05, 3.63) is 78.1 Å². The molecule has 202 valence electrons. The number of fused-ring (bicyclic) bond motifs is 1. The number of halogens is 1. The van der Waals surface area contributed by atoms with Gasteiger partial charge in [0.05, 0.1) is 24.8 Å². The van der Waals surface area contributed by atoms with Gasteiger partial charge >= 0.3 is 0 Å². The van der Waals surface area contributed by atoms with Gasteiger partial charge in [-0.15, -0.1) is 0 Å². The van der Waals surface area contributed by atoms with Crippen molar-refractivity contribution < 1.29 is 28.2 Å². The van der Waals surface area contributed by atoms with Gasteiger partial charge < -0.3 is 28.9 Å². The van der Waals surface area contributed by atoms with Crippen LogP contribution in [-0.4, -0.2) is 56.8 Å². The normalized spacial score (nSPS) is 20.8. The zero-order valence-corrected chi connectivity index (χ0v) is 21.7. The topological polar surface area (TPSA) is 71.6 Å². The van der Waals surface area contributed by atoms with Crippen molar-refractivity contribution in [2.45, 2.75) is 18.9 Å². The van der Waals surface area contributed by atoms with Gasteiger partial charge in [0, 0.05) is 44.4 Å². The molecule has 0 spiro atoms. The monoisotopic (exact) mass is 531 g/mol. The number of nitrogens with zero attached hydrogens (tertiary/aromatic N) is 3. The summed E-state index contributed by atoms with van der Waals surface area (Å²) < 4.78 is 30.7. The quantitative estimate of drug-likeness (QED) is 0.486. The van der Waals surface area contributed by atoms with Gasteiger partial charge in [-0.05, 0) is 48.4 Å². The van der Waals surface area contributed by atoms with E-state index in [2.05, 4.69) is 0 Å². The van der Waals surface area contributed by atoms with Crippen molar-refractivity contribution in [1.82, 2.24) is 4.90 Å². The first-order valence-electron chi connectivity index (χ1n) is 13.2. The second-order valence-electron chi connectivity index (χ2n) is 9.93. The lowest BCUT2D eigenvalue weighted by Crippen LogP contribution is -2.54. The number of hydrogen-bond acceptors (Lipinski definition) is 6. The number of carbonyl (C=O) groups is 2. The molecule has 3 aromatic carbocycles. The van der Waals surface area contributed by atoms with E-state index in [9.17, 15) is 14.0 Å². The molecule has 3 aliphatic heterocycles.